The number of ether oxygens (including phenoxy) is 1. The van der Waals surface area contributed by atoms with Crippen LogP contribution in [0.5, 0.6) is 5.75 Å². The van der Waals surface area contributed by atoms with Gasteiger partial charge in [0.25, 0.3) is 10.0 Å². The third-order valence-electron chi connectivity index (χ3n) is 3.00. The number of halogens is 1. The third kappa shape index (κ3) is 2.23. The number of nitrogens with zero attached hydrogens (tertiary/aromatic N) is 1. The highest BCUT2D eigenvalue weighted by Gasteiger charge is 2.22. The van der Waals surface area contributed by atoms with Crippen molar-refractivity contribution in [2.45, 2.75) is 18.2 Å². The third-order valence-corrected chi connectivity index (χ3v) is 4.78. The Morgan fingerprint density at radius 3 is 2.90 bits per heavy atom. The molecule has 0 saturated carbocycles. The van der Waals surface area contributed by atoms with E-state index in [4.69, 9.17) is 20.9 Å². The van der Waals surface area contributed by atoms with Crippen molar-refractivity contribution < 1.29 is 17.7 Å². The quantitative estimate of drug-likeness (QED) is 0.940. The summed E-state index contributed by atoms with van der Waals surface area (Å²) in [6.07, 6.45) is 0.789. The number of hydrogen-bond acceptors (Lipinski definition) is 5. The fraction of sp³-hybridized carbons (Fsp3) is 0.250. The van der Waals surface area contributed by atoms with Crippen LogP contribution in [0.1, 0.15) is 11.3 Å². The lowest BCUT2D eigenvalue weighted by molar-refractivity contribution is 0.356. The van der Waals surface area contributed by atoms with Gasteiger partial charge in [0.1, 0.15) is 10.8 Å². The van der Waals surface area contributed by atoms with Crippen LogP contribution in [0.25, 0.3) is 0 Å². The van der Waals surface area contributed by atoms with E-state index in [0.717, 1.165) is 12.0 Å². The lowest BCUT2D eigenvalue weighted by atomic mass is 10.2. The second-order valence-corrected chi connectivity index (χ2v) is 6.44. The normalized spacial score (nSPS) is 13.9. The smallest absolute Gasteiger partial charge is 0.263 e. The zero-order chi connectivity index (χ0) is 14.3. The van der Waals surface area contributed by atoms with Crippen LogP contribution in [0.15, 0.2) is 27.6 Å². The number of rotatable bonds is 3. The van der Waals surface area contributed by atoms with Gasteiger partial charge in [-0.2, -0.15) is 0 Å². The summed E-state index contributed by atoms with van der Waals surface area (Å²) in [6, 6.07) is 4.76. The SMILES string of the molecule is Cc1onc(NS(=O)(=O)c2ccc3c(c2)OCC3)c1Cl. The Kier molecular flexibility index (Phi) is 3.10. The molecular weight excluding hydrogens is 304 g/mol. The van der Waals surface area contributed by atoms with Crippen molar-refractivity contribution >= 4 is 27.4 Å². The van der Waals surface area contributed by atoms with E-state index < -0.39 is 10.0 Å². The molecule has 0 fully saturated rings. The molecule has 0 atom stereocenters. The molecule has 1 aliphatic heterocycles. The van der Waals surface area contributed by atoms with E-state index in [2.05, 4.69) is 9.88 Å². The summed E-state index contributed by atoms with van der Waals surface area (Å²) in [5, 5.41) is 3.71. The summed E-state index contributed by atoms with van der Waals surface area (Å²) >= 11 is 5.89. The minimum absolute atomic E-state index is 0.0226. The number of aryl methyl sites for hydroxylation is 1. The van der Waals surface area contributed by atoms with Crippen LogP contribution in [0, 0.1) is 6.92 Å². The molecule has 0 saturated heterocycles. The molecule has 3 rings (SSSR count). The average Bonchev–Trinajstić information content (AvgIpc) is 2.99. The molecule has 0 unspecified atom stereocenters. The maximum atomic E-state index is 12.3. The van der Waals surface area contributed by atoms with Gasteiger partial charge in [-0.3, -0.25) is 4.72 Å². The summed E-state index contributed by atoms with van der Waals surface area (Å²) in [5.74, 6) is 0.919. The topological polar surface area (TPSA) is 81.4 Å². The first kappa shape index (κ1) is 13.3. The van der Waals surface area contributed by atoms with Crippen LogP contribution in [-0.2, 0) is 16.4 Å². The molecule has 1 aromatic carbocycles. The number of sulfonamides is 1. The molecule has 106 valence electrons. The van der Waals surface area contributed by atoms with Gasteiger partial charge in [-0.25, -0.2) is 8.42 Å². The standard InChI is InChI=1S/C12H11ClN2O4S/c1-7-11(13)12(14-19-7)15-20(16,17)9-3-2-8-4-5-18-10(8)6-9/h2-3,6H,4-5H2,1H3,(H,14,15). The summed E-state index contributed by atoms with van der Waals surface area (Å²) in [4.78, 5) is 0.0925. The van der Waals surface area contributed by atoms with Crippen molar-refractivity contribution in [2.24, 2.45) is 0 Å². The van der Waals surface area contributed by atoms with Crippen molar-refractivity contribution in [3.05, 3.63) is 34.5 Å². The number of hydrogen-bond donors (Lipinski definition) is 1. The first-order chi connectivity index (χ1) is 9.47. The number of benzene rings is 1. The van der Waals surface area contributed by atoms with Gasteiger partial charge in [-0.1, -0.05) is 22.8 Å². The second-order valence-electron chi connectivity index (χ2n) is 4.37. The van der Waals surface area contributed by atoms with Gasteiger partial charge in [-0.05, 0) is 18.6 Å². The molecule has 20 heavy (non-hydrogen) atoms. The highest BCUT2D eigenvalue weighted by Crippen LogP contribution is 2.30. The Bertz CT molecular complexity index is 770. The van der Waals surface area contributed by atoms with Crippen LogP contribution in [0.3, 0.4) is 0 Å². The van der Waals surface area contributed by atoms with E-state index in [1.165, 1.54) is 12.1 Å². The summed E-state index contributed by atoms with van der Waals surface area (Å²) in [5.41, 5.74) is 0.999. The molecule has 8 heteroatoms. The molecule has 2 heterocycles. The Hall–Kier alpha value is -1.73. The largest absolute Gasteiger partial charge is 0.493 e. The van der Waals surface area contributed by atoms with Crippen molar-refractivity contribution in [3.63, 3.8) is 0 Å². The van der Waals surface area contributed by atoms with Gasteiger partial charge in [0.2, 0.25) is 5.82 Å². The summed E-state index contributed by atoms with van der Waals surface area (Å²) in [7, 11) is -3.78. The highest BCUT2D eigenvalue weighted by molar-refractivity contribution is 7.92. The van der Waals surface area contributed by atoms with E-state index in [1.807, 2.05) is 0 Å². The summed E-state index contributed by atoms with van der Waals surface area (Å²) in [6.45, 7) is 2.16. The molecule has 0 aliphatic carbocycles. The molecule has 1 aromatic heterocycles. The molecule has 0 spiro atoms. The molecule has 6 nitrogen and oxygen atoms in total. The van der Waals surface area contributed by atoms with Crippen molar-refractivity contribution in [3.8, 4) is 5.75 Å². The number of nitrogens with one attached hydrogen (secondary N) is 1. The molecule has 0 bridgehead atoms. The van der Waals surface area contributed by atoms with E-state index in [0.29, 0.717) is 18.1 Å². The minimum atomic E-state index is -3.78. The van der Waals surface area contributed by atoms with Crippen LogP contribution in [-0.4, -0.2) is 20.2 Å². The van der Waals surface area contributed by atoms with E-state index in [-0.39, 0.29) is 15.7 Å². The minimum Gasteiger partial charge on any atom is -0.493 e. The monoisotopic (exact) mass is 314 g/mol. The highest BCUT2D eigenvalue weighted by atomic mass is 35.5. The van der Waals surface area contributed by atoms with Crippen molar-refractivity contribution in [1.29, 1.82) is 0 Å². The van der Waals surface area contributed by atoms with Gasteiger partial charge in [0.15, 0.2) is 5.76 Å². The van der Waals surface area contributed by atoms with Gasteiger partial charge in [-0.15, -0.1) is 0 Å². The fourth-order valence-corrected chi connectivity index (χ4v) is 3.12. The van der Waals surface area contributed by atoms with Gasteiger partial charge >= 0.3 is 0 Å². The van der Waals surface area contributed by atoms with E-state index in [9.17, 15) is 8.42 Å². The van der Waals surface area contributed by atoms with Gasteiger partial charge in [0.05, 0.1) is 11.5 Å². The predicted molar refractivity (Wildman–Crippen MR) is 72.7 cm³/mol. The maximum Gasteiger partial charge on any atom is 0.263 e. The Morgan fingerprint density at radius 1 is 1.40 bits per heavy atom. The fourth-order valence-electron chi connectivity index (χ4n) is 1.92. The number of fused-ring (bicyclic) bond motifs is 1. The Morgan fingerprint density at radius 2 is 2.20 bits per heavy atom. The van der Waals surface area contributed by atoms with Crippen LogP contribution in [0.4, 0.5) is 5.82 Å². The van der Waals surface area contributed by atoms with Gasteiger partial charge < -0.3 is 9.26 Å². The lowest BCUT2D eigenvalue weighted by Gasteiger charge is -2.07. The molecule has 2 aromatic rings. The zero-order valence-electron chi connectivity index (χ0n) is 10.5. The van der Waals surface area contributed by atoms with Crippen molar-refractivity contribution in [1.82, 2.24) is 5.16 Å². The first-order valence-corrected chi connectivity index (χ1v) is 7.74. The van der Waals surface area contributed by atoms with Crippen molar-refractivity contribution in [2.75, 3.05) is 11.3 Å². The lowest BCUT2D eigenvalue weighted by Crippen LogP contribution is -2.13. The first-order valence-electron chi connectivity index (χ1n) is 5.88. The van der Waals surface area contributed by atoms with Crippen LogP contribution in [0.2, 0.25) is 5.02 Å². The molecule has 0 amide bonds. The van der Waals surface area contributed by atoms with E-state index >= 15 is 0 Å². The van der Waals surface area contributed by atoms with Crippen LogP contribution < -0.4 is 9.46 Å². The molecule has 1 aliphatic rings. The maximum absolute atomic E-state index is 12.3. The Balaban J connectivity index is 1.94. The summed E-state index contributed by atoms with van der Waals surface area (Å²) < 4.78 is 37.0. The molecule has 1 N–H and O–H groups in total. The molecular formula is C12H11ClN2O4S. The van der Waals surface area contributed by atoms with Crippen LogP contribution >= 0.6 is 11.6 Å². The predicted octanol–water partition coefficient (Wildman–Crippen LogP) is 2.37. The number of aromatic nitrogens is 1. The van der Waals surface area contributed by atoms with E-state index in [1.54, 1.807) is 13.0 Å². The average molecular weight is 315 g/mol. The zero-order valence-corrected chi connectivity index (χ0v) is 12.1. The molecule has 0 radical (unpaired) electrons. The Labute approximate surface area is 120 Å². The van der Waals surface area contributed by atoms with Gasteiger partial charge in [0, 0.05) is 12.5 Å². The number of anilines is 1. The second kappa shape index (κ2) is 4.68.